The summed E-state index contributed by atoms with van der Waals surface area (Å²) in [5.41, 5.74) is 5.51. The molecule has 1 aromatic carbocycles. The van der Waals surface area contributed by atoms with Crippen molar-refractivity contribution < 1.29 is 17.9 Å². The minimum absolute atomic E-state index is 0.280. The monoisotopic (exact) mass is 274 g/mol. The fourth-order valence-corrected chi connectivity index (χ4v) is 2.19. The molecule has 3 N–H and O–H groups in total. The zero-order valence-electron chi connectivity index (χ0n) is 10.5. The summed E-state index contributed by atoms with van der Waals surface area (Å²) >= 11 is 0. The molecule has 106 valence electrons. The summed E-state index contributed by atoms with van der Waals surface area (Å²) in [5, 5.41) is 3.25. The molecule has 0 amide bonds. The largest absolute Gasteiger partial charge is 0.416 e. The van der Waals surface area contributed by atoms with Gasteiger partial charge in [0.15, 0.2) is 0 Å². The Kier molecular flexibility index (Phi) is 4.01. The Bertz CT molecular complexity index is 411. The van der Waals surface area contributed by atoms with E-state index in [2.05, 4.69) is 5.32 Å². The molecule has 0 saturated carbocycles. The SMILES string of the molecule is NCC1(Nc2ccc(C(F)(F)F)cc2)CCOCC1. The number of hydrogen-bond donors (Lipinski definition) is 2. The average molecular weight is 274 g/mol. The molecule has 3 nitrogen and oxygen atoms in total. The molecule has 0 aliphatic carbocycles. The molecular formula is C13H17F3N2O. The lowest BCUT2D eigenvalue weighted by Crippen LogP contribution is -2.49. The van der Waals surface area contributed by atoms with Crippen molar-refractivity contribution in [3.8, 4) is 0 Å². The Morgan fingerprint density at radius 2 is 1.74 bits per heavy atom. The Labute approximate surface area is 109 Å². The summed E-state index contributed by atoms with van der Waals surface area (Å²) in [6, 6.07) is 5.03. The molecule has 1 aliphatic rings. The number of rotatable bonds is 3. The maximum absolute atomic E-state index is 12.5. The number of anilines is 1. The van der Waals surface area contributed by atoms with Crippen molar-refractivity contribution in [2.75, 3.05) is 25.1 Å². The van der Waals surface area contributed by atoms with E-state index >= 15 is 0 Å². The minimum atomic E-state index is -4.30. The molecule has 1 heterocycles. The molecule has 0 radical (unpaired) electrons. The van der Waals surface area contributed by atoms with Gasteiger partial charge in [-0.25, -0.2) is 0 Å². The molecule has 0 atom stereocenters. The molecule has 1 aliphatic heterocycles. The van der Waals surface area contributed by atoms with Gasteiger partial charge in [0.25, 0.3) is 0 Å². The van der Waals surface area contributed by atoms with Crippen LogP contribution in [0.2, 0.25) is 0 Å². The maximum Gasteiger partial charge on any atom is 0.416 e. The van der Waals surface area contributed by atoms with Gasteiger partial charge in [0.1, 0.15) is 0 Å². The van der Waals surface area contributed by atoms with Crippen molar-refractivity contribution in [2.24, 2.45) is 5.73 Å². The fraction of sp³-hybridized carbons (Fsp3) is 0.538. The van der Waals surface area contributed by atoms with Crippen LogP contribution in [0.25, 0.3) is 0 Å². The summed E-state index contributed by atoms with van der Waals surface area (Å²) in [6.45, 7) is 1.66. The lowest BCUT2D eigenvalue weighted by Gasteiger charge is -2.38. The van der Waals surface area contributed by atoms with E-state index in [0.29, 0.717) is 25.4 Å². The van der Waals surface area contributed by atoms with Gasteiger partial charge in [-0.2, -0.15) is 13.2 Å². The third-order valence-corrected chi connectivity index (χ3v) is 3.46. The predicted molar refractivity (Wildman–Crippen MR) is 66.9 cm³/mol. The predicted octanol–water partition coefficient (Wildman–Crippen LogP) is 2.63. The Morgan fingerprint density at radius 1 is 1.16 bits per heavy atom. The van der Waals surface area contributed by atoms with Crippen LogP contribution >= 0.6 is 0 Å². The van der Waals surface area contributed by atoms with Crippen molar-refractivity contribution in [1.82, 2.24) is 0 Å². The summed E-state index contributed by atoms with van der Waals surface area (Å²) in [7, 11) is 0. The van der Waals surface area contributed by atoms with Crippen LogP contribution in [0.3, 0.4) is 0 Å². The third kappa shape index (κ3) is 3.39. The smallest absolute Gasteiger partial charge is 0.381 e. The second-order valence-corrected chi connectivity index (χ2v) is 4.80. The molecule has 19 heavy (non-hydrogen) atoms. The molecule has 1 aromatic rings. The maximum atomic E-state index is 12.5. The molecule has 1 fully saturated rings. The van der Waals surface area contributed by atoms with Crippen LogP contribution in [0.15, 0.2) is 24.3 Å². The number of benzene rings is 1. The van der Waals surface area contributed by atoms with Crippen LogP contribution in [-0.4, -0.2) is 25.3 Å². The molecular weight excluding hydrogens is 257 g/mol. The molecule has 0 aromatic heterocycles. The van der Waals surface area contributed by atoms with Crippen molar-refractivity contribution in [1.29, 1.82) is 0 Å². The normalized spacial score (nSPS) is 19.2. The first-order chi connectivity index (χ1) is 8.95. The summed E-state index contributed by atoms with van der Waals surface area (Å²) in [6.07, 6.45) is -2.79. The second kappa shape index (κ2) is 5.38. The first-order valence-electron chi connectivity index (χ1n) is 6.18. The molecule has 0 spiro atoms. The standard InChI is InChI=1S/C13H17F3N2O/c14-13(15,16)10-1-3-11(4-2-10)18-12(9-17)5-7-19-8-6-12/h1-4,18H,5-9,17H2. The van der Waals surface area contributed by atoms with Crippen LogP contribution in [0.1, 0.15) is 18.4 Å². The van der Waals surface area contributed by atoms with Crippen LogP contribution in [0.4, 0.5) is 18.9 Å². The summed E-state index contributed by atoms with van der Waals surface area (Å²) in [5.74, 6) is 0. The highest BCUT2D eigenvalue weighted by Gasteiger charge is 2.32. The lowest BCUT2D eigenvalue weighted by atomic mass is 9.90. The number of halogens is 3. The van der Waals surface area contributed by atoms with E-state index < -0.39 is 11.7 Å². The zero-order valence-corrected chi connectivity index (χ0v) is 10.5. The number of ether oxygens (including phenoxy) is 1. The van der Waals surface area contributed by atoms with Gasteiger partial charge >= 0.3 is 6.18 Å². The fourth-order valence-electron chi connectivity index (χ4n) is 2.19. The van der Waals surface area contributed by atoms with Crippen molar-refractivity contribution in [3.05, 3.63) is 29.8 Å². The molecule has 0 unspecified atom stereocenters. The van der Waals surface area contributed by atoms with Gasteiger partial charge in [-0.05, 0) is 37.1 Å². The van der Waals surface area contributed by atoms with Gasteiger partial charge in [0.2, 0.25) is 0 Å². The highest BCUT2D eigenvalue weighted by molar-refractivity contribution is 5.47. The van der Waals surface area contributed by atoms with E-state index in [1.165, 1.54) is 12.1 Å². The van der Waals surface area contributed by atoms with Gasteiger partial charge in [-0.15, -0.1) is 0 Å². The number of nitrogens with one attached hydrogen (secondary N) is 1. The topological polar surface area (TPSA) is 47.3 Å². The van der Waals surface area contributed by atoms with Crippen molar-refractivity contribution in [3.63, 3.8) is 0 Å². The highest BCUT2D eigenvalue weighted by Crippen LogP contribution is 2.31. The van der Waals surface area contributed by atoms with E-state index in [9.17, 15) is 13.2 Å². The lowest BCUT2D eigenvalue weighted by molar-refractivity contribution is -0.137. The van der Waals surface area contributed by atoms with Gasteiger partial charge in [0, 0.05) is 25.4 Å². The Hall–Kier alpha value is -1.27. The van der Waals surface area contributed by atoms with Crippen molar-refractivity contribution >= 4 is 5.69 Å². The zero-order chi connectivity index (χ0) is 13.9. The Morgan fingerprint density at radius 3 is 2.21 bits per heavy atom. The number of nitrogens with two attached hydrogens (primary N) is 1. The first-order valence-corrected chi connectivity index (χ1v) is 6.18. The van der Waals surface area contributed by atoms with E-state index in [1.54, 1.807) is 0 Å². The second-order valence-electron chi connectivity index (χ2n) is 4.80. The van der Waals surface area contributed by atoms with Crippen LogP contribution in [0, 0.1) is 0 Å². The quantitative estimate of drug-likeness (QED) is 0.890. The first kappa shape index (κ1) is 14.1. The van der Waals surface area contributed by atoms with Gasteiger partial charge < -0.3 is 15.8 Å². The Balaban J connectivity index is 2.10. The van der Waals surface area contributed by atoms with E-state index in [0.717, 1.165) is 25.0 Å². The minimum Gasteiger partial charge on any atom is -0.381 e. The van der Waals surface area contributed by atoms with E-state index in [-0.39, 0.29) is 5.54 Å². The average Bonchev–Trinajstić information content (AvgIpc) is 2.39. The van der Waals surface area contributed by atoms with E-state index in [4.69, 9.17) is 10.5 Å². The molecule has 6 heteroatoms. The van der Waals surface area contributed by atoms with Gasteiger partial charge in [-0.3, -0.25) is 0 Å². The molecule has 0 bridgehead atoms. The van der Waals surface area contributed by atoms with Crippen LogP contribution < -0.4 is 11.1 Å². The van der Waals surface area contributed by atoms with Crippen LogP contribution in [0.5, 0.6) is 0 Å². The van der Waals surface area contributed by atoms with E-state index in [1.807, 2.05) is 0 Å². The number of alkyl halides is 3. The van der Waals surface area contributed by atoms with Crippen molar-refractivity contribution in [2.45, 2.75) is 24.6 Å². The molecule has 1 saturated heterocycles. The highest BCUT2D eigenvalue weighted by atomic mass is 19.4. The van der Waals surface area contributed by atoms with Gasteiger partial charge in [-0.1, -0.05) is 0 Å². The molecule has 2 rings (SSSR count). The third-order valence-electron chi connectivity index (χ3n) is 3.46. The van der Waals surface area contributed by atoms with Crippen LogP contribution in [-0.2, 0) is 10.9 Å². The van der Waals surface area contributed by atoms with Gasteiger partial charge in [0.05, 0.1) is 11.1 Å². The summed E-state index contributed by atoms with van der Waals surface area (Å²) in [4.78, 5) is 0. The number of hydrogen-bond acceptors (Lipinski definition) is 3. The summed E-state index contributed by atoms with van der Waals surface area (Å²) < 4.78 is 42.7.